The Hall–Kier alpha value is -1.86. The molecule has 6 nitrogen and oxygen atoms in total. The van der Waals surface area contributed by atoms with Crippen LogP contribution in [0.15, 0.2) is 36.9 Å². The minimum Gasteiger partial charge on any atom is -0.310 e. The van der Waals surface area contributed by atoms with Crippen LogP contribution in [0.1, 0.15) is 6.42 Å². The fraction of sp³-hybridized carbons (Fsp3) is 0.286. The molecule has 0 radical (unpaired) electrons. The van der Waals surface area contributed by atoms with Crippen molar-refractivity contribution in [3.63, 3.8) is 0 Å². The zero-order valence-corrected chi connectivity index (χ0v) is 13.2. The Morgan fingerprint density at radius 1 is 1.45 bits per heavy atom. The Labute approximate surface area is 133 Å². The van der Waals surface area contributed by atoms with E-state index in [0.717, 1.165) is 0 Å². The van der Waals surface area contributed by atoms with Gasteiger partial charge in [-0.15, -0.1) is 6.58 Å². The van der Waals surface area contributed by atoms with Crippen molar-refractivity contribution in [2.75, 3.05) is 17.2 Å². The molecule has 0 aliphatic carbocycles. The molecule has 0 aromatic heterocycles. The number of carbonyl (C=O) groups excluding carboxylic acids is 2. The van der Waals surface area contributed by atoms with Crippen molar-refractivity contribution in [3.8, 4) is 0 Å². The van der Waals surface area contributed by atoms with Crippen LogP contribution in [0.5, 0.6) is 0 Å². The van der Waals surface area contributed by atoms with Crippen LogP contribution in [0.3, 0.4) is 0 Å². The van der Waals surface area contributed by atoms with Gasteiger partial charge in [0.2, 0.25) is 21.8 Å². The molecule has 118 valence electrons. The summed E-state index contributed by atoms with van der Waals surface area (Å²) in [5.41, 5.74) is 0.512. The zero-order chi connectivity index (χ0) is 16.3. The summed E-state index contributed by atoms with van der Waals surface area (Å²) in [5, 5.41) is 0.399. The van der Waals surface area contributed by atoms with Crippen LogP contribution in [0.2, 0.25) is 5.02 Å². The molecule has 1 aliphatic rings. The second kappa shape index (κ2) is 6.50. The van der Waals surface area contributed by atoms with Gasteiger partial charge in [0, 0.05) is 13.0 Å². The van der Waals surface area contributed by atoms with E-state index >= 15 is 0 Å². The molecule has 1 aromatic carbocycles. The lowest BCUT2D eigenvalue weighted by Crippen LogP contribution is -2.38. The van der Waals surface area contributed by atoms with Gasteiger partial charge in [-0.2, -0.15) is 0 Å². The molecule has 1 N–H and O–H groups in total. The van der Waals surface area contributed by atoms with Crippen molar-refractivity contribution in [2.45, 2.75) is 6.42 Å². The van der Waals surface area contributed by atoms with Crippen LogP contribution in [-0.2, 0) is 19.6 Å². The highest BCUT2D eigenvalue weighted by molar-refractivity contribution is 7.90. The van der Waals surface area contributed by atoms with E-state index in [-0.39, 0.29) is 24.6 Å². The first-order valence-corrected chi connectivity index (χ1v) is 8.57. The number of hydrogen-bond donors (Lipinski definition) is 1. The Morgan fingerprint density at radius 3 is 2.77 bits per heavy atom. The molecule has 2 amide bonds. The van der Waals surface area contributed by atoms with Crippen LogP contribution in [0.25, 0.3) is 0 Å². The normalized spacial score (nSPS) is 18.3. The van der Waals surface area contributed by atoms with Gasteiger partial charge in [0.05, 0.1) is 22.4 Å². The molecule has 1 unspecified atom stereocenters. The first kappa shape index (κ1) is 16.5. The summed E-state index contributed by atoms with van der Waals surface area (Å²) in [5.74, 6) is -2.05. The van der Waals surface area contributed by atoms with E-state index in [4.69, 9.17) is 11.6 Å². The number of para-hydroxylation sites is 1. The average molecular weight is 343 g/mol. The first-order chi connectivity index (χ1) is 10.3. The number of anilines is 1. The summed E-state index contributed by atoms with van der Waals surface area (Å²) in [6.45, 7) is 3.41. The molecule has 0 saturated carbocycles. The molecule has 1 saturated heterocycles. The molecule has 1 fully saturated rings. The molecular weight excluding hydrogens is 328 g/mol. The Morgan fingerprint density at radius 2 is 2.14 bits per heavy atom. The number of benzene rings is 1. The molecular formula is C14H15ClN2O4S. The second-order valence-electron chi connectivity index (χ2n) is 4.89. The number of nitrogens with one attached hydrogen (secondary N) is 1. The molecule has 1 heterocycles. The minimum absolute atomic E-state index is 0.0549. The molecule has 0 bridgehead atoms. The third-order valence-electron chi connectivity index (χ3n) is 3.23. The van der Waals surface area contributed by atoms with E-state index < -0.39 is 21.8 Å². The van der Waals surface area contributed by atoms with Crippen LogP contribution in [-0.4, -0.2) is 32.5 Å². The summed E-state index contributed by atoms with van der Waals surface area (Å²) in [4.78, 5) is 25.5. The van der Waals surface area contributed by atoms with E-state index in [1.807, 2.05) is 4.72 Å². The third-order valence-corrected chi connectivity index (χ3v) is 4.74. The maximum absolute atomic E-state index is 12.1. The van der Waals surface area contributed by atoms with Crippen molar-refractivity contribution in [3.05, 3.63) is 41.9 Å². The van der Waals surface area contributed by atoms with E-state index in [9.17, 15) is 18.0 Å². The maximum atomic E-state index is 12.1. The highest BCUT2D eigenvalue weighted by atomic mass is 35.5. The number of nitrogens with zero attached hydrogens (tertiary/aromatic N) is 1. The minimum atomic E-state index is -3.75. The van der Waals surface area contributed by atoms with E-state index in [1.165, 1.54) is 11.0 Å². The maximum Gasteiger partial charge on any atom is 0.238 e. The van der Waals surface area contributed by atoms with Gasteiger partial charge in [-0.3, -0.25) is 14.3 Å². The summed E-state index contributed by atoms with van der Waals surface area (Å²) in [6, 6.07) is 6.79. The van der Waals surface area contributed by atoms with Gasteiger partial charge in [0.25, 0.3) is 0 Å². The van der Waals surface area contributed by atoms with Gasteiger partial charge in [0.1, 0.15) is 0 Å². The number of hydrogen-bond acceptors (Lipinski definition) is 4. The first-order valence-electron chi connectivity index (χ1n) is 6.54. The van der Waals surface area contributed by atoms with Gasteiger partial charge in [-0.25, -0.2) is 8.42 Å². The number of amides is 2. The largest absolute Gasteiger partial charge is 0.310 e. The van der Waals surface area contributed by atoms with E-state index in [0.29, 0.717) is 10.7 Å². The van der Waals surface area contributed by atoms with Gasteiger partial charge in [-0.1, -0.05) is 29.8 Å². The van der Waals surface area contributed by atoms with Crippen molar-refractivity contribution >= 4 is 39.1 Å². The predicted octanol–water partition coefficient (Wildman–Crippen LogP) is 1.32. The van der Waals surface area contributed by atoms with Crippen LogP contribution in [0, 0.1) is 5.92 Å². The van der Waals surface area contributed by atoms with Gasteiger partial charge in [-0.05, 0) is 12.1 Å². The number of rotatable bonds is 5. The predicted molar refractivity (Wildman–Crippen MR) is 84.0 cm³/mol. The van der Waals surface area contributed by atoms with Crippen LogP contribution < -0.4 is 9.62 Å². The van der Waals surface area contributed by atoms with Crippen molar-refractivity contribution in [2.24, 2.45) is 5.92 Å². The lowest BCUT2D eigenvalue weighted by Gasteiger charge is -2.17. The number of halogens is 1. The monoisotopic (exact) mass is 342 g/mol. The summed E-state index contributed by atoms with van der Waals surface area (Å²) in [6.07, 6.45) is 1.13. The second-order valence-corrected chi connectivity index (χ2v) is 7.07. The van der Waals surface area contributed by atoms with Crippen molar-refractivity contribution < 1.29 is 18.0 Å². The highest BCUT2D eigenvalue weighted by Gasteiger charge is 2.36. The SMILES string of the molecule is C=CCS(=O)(=O)NC(=O)C1CC(=O)N(c2ccccc2Cl)C1. The van der Waals surface area contributed by atoms with Crippen LogP contribution >= 0.6 is 11.6 Å². The average Bonchev–Trinajstić information content (AvgIpc) is 2.81. The molecule has 2 rings (SSSR count). The van der Waals surface area contributed by atoms with Crippen molar-refractivity contribution in [1.82, 2.24) is 4.72 Å². The smallest absolute Gasteiger partial charge is 0.238 e. The fourth-order valence-corrected chi connectivity index (χ4v) is 3.32. The third kappa shape index (κ3) is 3.66. The summed E-state index contributed by atoms with van der Waals surface area (Å²) >= 11 is 6.04. The highest BCUT2D eigenvalue weighted by Crippen LogP contribution is 2.31. The number of carbonyl (C=O) groups is 2. The summed E-state index contributed by atoms with van der Waals surface area (Å²) in [7, 11) is -3.75. The molecule has 1 atom stereocenters. The Kier molecular flexibility index (Phi) is 4.87. The van der Waals surface area contributed by atoms with Gasteiger partial charge >= 0.3 is 0 Å². The van der Waals surface area contributed by atoms with E-state index in [2.05, 4.69) is 6.58 Å². The Bertz CT molecular complexity index is 717. The number of sulfonamides is 1. The molecule has 0 spiro atoms. The topological polar surface area (TPSA) is 83.5 Å². The molecule has 1 aromatic rings. The summed E-state index contributed by atoms with van der Waals surface area (Å²) < 4.78 is 25.1. The van der Waals surface area contributed by atoms with Gasteiger partial charge in [0.15, 0.2) is 0 Å². The molecule has 22 heavy (non-hydrogen) atoms. The lowest BCUT2D eigenvalue weighted by molar-refractivity contribution is -0.124. The standard InChI is InChI=1S/C14H15ClN2O4S/c1-2-7-22(20,21)16-14(19)10-8-13(18)17(9-10)12-6-4-3-5-11(12)15/h2-6,10H,1,7-9H2,(H,16,19). The quantitative estimate of drug-likeness (QED) is 0.818. The molecule has 8 heteroatoms. The van der Waals surface area contributed by atoms with E-state index in [1.54, 1.807) is 24.3 Å². The lowest BCUT2D eigenvalue weighted by atomic mass is 10.1. The van der Waals surface area contributed by atoms with Gasteiger partial charge < -0.3 is 4.90 Å². The van der Waals surface area contributed by atoms with Crippen molar-refractivity contribution in [1.29, 1.82) is 0 Å². The fourth-order valence-electron chi connectivity index (χ4n) is 2.22. The molecule has 1 aliphatic heterocycles. The van der Waals surface area contributed by atoms with Crippen LogP contribution in [0.4, 0.5) is 5.69 Å². The Balaban J connectivity index is 2.11. The zero-order valence-electron chi connectivity index (χ0n) is 11.7.